The van der Waals surface area contributed by atoms with E-state index < -0.39 is 0 Å². The molecule has 2 aromatic carbocycles. The Morgan fingerprint density at radius 3 is 2.38 bits per heavy atom. The second-order valence-electron chi connectivity index (χ2n) is 4.82. The Labute approximate surface area is 125 Å². The number of likely N-dealkylation sites (N-methyl/N-ethyl adjacent to an activating group) is 1. The Kier molecular flexibility index (Phi) is 5.21. The van der Waals surface area contributed by atoms with Crippen molar-refractivity contribution in [3.05, 3.63) is 60.2 Å². The van der Waals surface area contributed by atoms with E-state index >= 15 is 0 Å². The molecule has 0 unspecified atom stereocenters. The van der Waals surface area contributed by atoms with Gasteiger partial charge in [0.25, 0.3) is 0 Å². The minimum Gasteiger partial charge on any atom is -0.497 e. The average molecular weight is 284 g/mol. The number of carbonyl (C=O) groups is 1. The number of carbonyl (C=O) groups excluding carboxylic acids is 1. The normalized spacial score (nSPS) is 10.0. The van der Waals surface area contributed by atoms with Crippen LogP contribution < -0.4 is 10.1 Å². The SMILES string of the molecule is COc1ccc(CN(C)C(=O)CNc2ccccc2)cc1. The maximum absolute atomic E-state index is 12.1. The van der Waals surface area contributed by atoms with Crippen molar-refractivity contribution in [2.45, 2.75) is 6.54 Å². The monoisotopic (exact) mass is 284 g/mol. The lowest BCUT2D eigenvalue weighted by molar-refractivity contribution is -0.128. The zero-order chi connectivity index (χ0) is 15.1. The van der Waals surface area contributed by atoms with E-state index in [0.717, 1.165) is 17.0 Å². The van der Waals surface area contributed by atoms with Crippen LogP contribution in [0.5, 0.6) is 5.75 Å². The Morgan fingerprint density at radius 1 is 1.10 bits per heavy atom. The van der Waals surface area contributed by atoms with Crippen LogP contribution in [0.2, 0.25) is 0 Å². The highest BCUT2D eigenvalue weighted by Crippen LogP contribution is 2.12. The van der Waals surface area contributed by atoms with Crippen LogP contribution in [0.1, 0.15) is 5.56 Å². The molecule has 0 spiro atoms. The largest absolute Gasteiger partial charge is 0.497 e. The number of nitrogens with one attached hydrogen (secondary N) is 1. The minimum atomic E-state index is 0.0506. The average Bonchev–Trinajstić information content (AvgIpc) is 2.54. The number of ether oxygens (including phenoxy) is 1. The second kappa shape index (κ2) is 7.33. The predicted molar refractivity (Wildman–Crippen MR) is 84.4 cm³/mol. The quantitative estimate of drug-likeness (QED) is 0.887. The third-order valence-electron chi connectivity index (χ3n) is 3.22. The first kappa shape index (κ1) is 14.9. The number of methoxy groups -OCH3 is 1. The van der Waals surface area contributed by atoms with E-state index in [1.165, 1.54) is 0 Å². The van der Waals surface area contributed by atoms with Gasteiger partial charge in [-0.2, -0.15) is 0 Å². The first-order chi connectivity index (χ1) is 10.2. The molecule has 110 valence electrons. The van der Waals surface area contributed by atoms with E-state index in [4.69, 9.17) is 4.74 Å². The molecule has 0 fully saturated rings. The van der Waals surface area contributed by atoms with Crippen LogP contribution in [0, 0.1) is 0 Å². The van der Waals surface area contributed by atoms with Crippen molar-refractivity contribution in [2.24, 2.45) is 0 Å². The van der Waals surface area contributed by atoms with E-state index in [9.17, 15) is 4.79 Å². The molecule has 21 heavy (non-hydrogen) atoms. The van der Waals surface area contributed by atoms with Gasteiger partial charge in [-0.15, -0.1) is 0 Å². The molecule has 4 heteroatoms. The molecule has 2 aromatic rings. The molecule has 0 radical (unpaired) electrons. The van der Waals surface area contributed by atoms with Gasteiger partial charge in [0.05, 0.1) is 13.7 Å². The molecule has 1 amide bonds. The number of benzene rings is 2. The van der Waals surface area contributed by atoms with Gasteiger partial charge >= 0.3 is 0 Å². The Bertz CT molecular complexity index is 567. The van der Waals surface area contributed by atoms with Crippen molar-refractivity contribution >= 4 is 11.6 Å². The summed E-state index contributed by atoms with van der Waals surface area (Å²) in [7, 11) is 3.44. The summed E-state index contributed by atoms with van der Waals surface area (Å²) in [6.45, 7) is 0.871. The van der Waals surface area contributed by atoms with Crippen molar-refractivity contribution in [1.82, 2.24) is 4.90 Å². The lowest BCUT2D eigenvalue weighted by atomic mass is 10.2. The van der Waals surface area contributed by atoms with Crippen LogP contribution in [0.3, 0.4) is 0 Å². The lowest BCUT2D eigenvalue weighted by Gasteiger charge is -2.18. The van der Waals surface area contributed by atoms with Crippen LogP contribution in [-0.4, -0.2) is 31.5 Å². The molecule has 2 rings (SSSR count). The van der Waals surface area contributed by atoms with E-state index in [-0.39, 0.29) is 12.5 Å². The van der Waals surface area contributed by atoms with Crippen molar-refractivity contribution in [1.29, 1.82) is 0 Å². The summed E-state index contributed by atoms with van der Waals surface area (Å²) in [6.07, 6.45) is 0. The fourth-order valence-electron chi connectivity index (χ4n) is 1.96. The Balaban J connectivity index is 1.84. The third-order valence-corrected chi connectivity index (χ3v) is 3.22. The van der Waals surface area contributed by atoms with Gasteiger partial charge in [-0.25, -0.2) is 0 Å². The fourth-order valence-corrected chi connectivity index (χ4v) is 1.96. The fraction of sp³-hybridized carbons (Fsp3) is 0.235. The van der Waals surface area contributed by atoms with E-state index in [1.54, 1.807) is 19.1 Å². The third kappa shape index (κ3) is 4.53. The van der Waals surface area contributed by atoms with Gasteiger partial charge in [-0.3, -0.25) is 4.79 Å². The van der Waals surface area contributed by atoms with Gasteiger partial charge in [-0.1, -0.05) is 30.3 Å². The first-order valence-corrected chi connectivity index (χ1v) is 6.85. The van der Waals surface area contributed by atoms with Crippen molar-refractivity contribution in [2.75, 3.05) is 26.0 Å². The molecule has 0 heterocycles. The summed E-state index contributed by atoms with van der Waals surface area (Å²) in [6, 6.07) is 17.4. The minimum absolute atomic E-state index is 0.0506. The second-order valence-corrected chi connectivity index (χ2v) is 4.82. The zero-order valence-corrected chi connectivity index (χ0v) is 12.4. The molecule has 0 aliphatic rings. The van der Waals surface area contributed by atoms with E-state index in [1.807, 2.05) is 54.6 Å². The number of para-hydroxylation sites is 1. The highest BCUT2D eigenvalue weighted by Gasteiger charge is 2.09. The maximum Gasteiger partial charge on any atom is 0.241 e. The number of amides is 1. The molecule has 0 aliphatic carbocycles. The predicted octanol–water partition coefficient (Wildman–Crippen LogP) is 2.77. The Morgan fingerprint density at radius 2 is 1.76 bits per heavy atom. The highest BCUT2D eigenvalue weighted by molar-refractivity contribution is 5.80. The van der Waals surface area contributed by atoms with Crippen LogP contribution in [0.4, 0.5) is 5.69 Å². The number of hydrogen-bond acceptors (Lipinski definition) is 3. The van der Waals surface area contributed by atoms with Gasteiger partial charge in [0.1, 0.15) is 5.75 Å². The van der Waals surface area contributed by atoms with Crippen molar-refractivity contribution < 1.29 is 9.53 Å². The molecular weight excluding hydrogens is 264 g/mol. The zero-order valence-electron chi connectivity index (χ0n) is 12.4. The molecule has 0 aliphatic heterocycles. The summed E-state index contributed by atoms with van der Waals surface area (Å²) in [4.78, 5) is 13.8. The number of nitrogens with zero attached hydrogens (tertiary/aromatic N) is 1. The molecule has 0 aromatic heterocycles. The number of anilines is 1. The molecule has 0 saturated carbocycles. The van der Waals surface area contributed by atoms with Crippen LogP contribution in [0.15, 0.2) is 54.6 Å². The summed E-state index contributed by atoms with van der Waals surface area (Å²) in [5, 5.41) is 3.12. The lowest BCUT2D eigenvalue weighted by Crippen LogP contribution is -2.31. The topological polar surface area (TPSA) is 41.6 Å². The summed E-state index contributed by atoms with van der Waals surface area (Å²) in [5.41, 5.74) is 2.02. The van der Waals surface area contributed by atoms with Crippen LogP contribution >= 0.6 is 0 Å². The molecule has 0 atom stereocenters. The standard InChI is InChI=1S/C17H20N2O2/c1-19(13-14-8-10-16(21-2)11-9-14)17(20)12-18-15-6-4-3-5-7-15/h3-11,18H,12-13H2,1-2H3. The summed E-state index contributed by atoms with van der Waals surface area (Å²) in [5.74, 6) is 0.869. The number of hydrogen-bond donors (Lipinski definition) is 1. The maximum atomic E-state index is 12.1. The molecule has 1 N–H and O–H groups in total. The van der Waals surface area contributed by atoms with Gasteiger partial charge in [0.15, 0.2) is 0 Å². The van der Waals surface area contributed by atoms with Crippen molar-refractivity contribution in [3.8, 4) is 5.75 Å². The van der Waals surface area contributed by atoms with Crippen LogP contribution in [-0.2, 0) is 11.3 Å². The first-order valence-electron chi connectivity index (χ1n) is 6.85. The highest BCUT2D eigenvalue weighted by atomic mass is 16.5. The smallest absolute Gasteiger partial charge is 0.241 e. The van der Waals surface area contributed by atoms with Gasteiger partial charge in [0, 0.05) is 19.3 Å². The van der Waals surface area contributed by atoms with Crippen LogP contribution in [0.25, 0.3) is 0 Å². The number of rotatable bonds is 6. The van der Waals surface area contributed by atoms with Gasteiger partial charge in [0.2, 0.25) is 5.91 Å². The summed E-state index contributed by atoms with van der Waals surface area (Å²) < 4.78 is 5.12. The summed E-state index contributed by atoms with van der Waals surface area (Å²) >= 11 is 0. The molecule has 4 nitrogen and oxygen atoms in total. The molecule has 0 bridgehead atoms. The molecular formula is C17H20N2O2. The van der Waals surface area contributed by atoms with Gasteiger partial charge < -0.3 is 15.0 Å². The molecule has 0 saturated heterocycles. The van der Waals surface area contributed by atoms with E-state index in [2.05, 4.69) is 5.32 Å². The van der Waals surface area contributed by atoms with E-state index in [0.29, 0.717) is 6.54 Å². The van der Waals surface area contributed by atoms with Gasteiger partial charge in [-0.05, 0) is 29.8 Å². The Hall–Kier alpha value is -2.49. The van der Waals surface area contributed by atoms with Crippen molar-refractivity contribution in [3.63, 3.8) is 0 Å².